The van der Waals surface area contributed by atoms with E-state index in [1.165, 1.54) is 17.9 Å². The van der Waals surface area contributed by atoms with E-state index in [-0.39, 0.29) is 0 Å². The summed E-state index contributed by atoms with van der Waals surface area (Å²) in [7, 11) is 0. The molecule has 146 valence electrons. The maximum atomic E-state index is 6.27. The summed E-state index contributed by atoms with van der Waals surface area (Å²) in [4.78, 5) is 9.02. The fraction of sp³-hybridized carbons (Fsp3) is 0.217. The molecule has 0 saturated carbocycles. The lowest BCUT2D eigenvalue weighted by atomic mass is 9.99. The van der Waals surface area contributed by atoms with Crippen LogP contribution in [-0.2, 0) is 0 Å². The van der Waals surface area contributed by atoms with Gasteiger partial charge < -0.3 is 9.73 Å². The lowest BCUT2D eigenvalue weighted by Crippen LogP contribution is -2.18. The third-order valence-electron chi connectivity index (χ3n) is 4.92. The summed E-state index contributed by atoms with van der Waals surface area (Å²) in [5.41, 5.74) is 3.79. The zero-order valence-corrected chi connectivity index (χ0v) is 17.5. The van der Waals surface area contributed by atoms with Crippen molar-refractivity contribution in [3.05, 3.63) is 67.0 Å². The van der Waals surface area contributed by atoms with Crippen LogP contribution in [0.15, 0.2) is 71.4 Å². The van der Waals surface area contributed by atoms with Crippen LogP contribution in [0.5, 0.6) is 0 Å². The van der Waals surface area contributed by atoms with Gasteiger partial charge in [-0.15, -0.1) is 23.5 Å². The normalized spacial score (nSPS) is 14.9. The fourth-order valence-electron chi connectivity index (χ4n) is 3.57. The van der Waals surface area contributed by atoms with E-state index in [9.17, 15) is 0 Å². The number of aromatic nitrogens is 2. The van der Waals surface area contributed by atoms with E-state index in [0.717, 1.165) is 40.2 Å². The third kappa shape index (κ3) is 3.87. The number of hydrogen-bond acceptors (Lipinski definition) is 6. The first-order chi connectivity index (χ1) is 14.4. The monoisotopic (exact) mass is 419 g/mol. The fourth-order valence-corrected chi connectivity index (χ4v) is 6.27. The molecule has 4 aromatic rings. The molecule has 3 heterocycles. The average Bonchev–Trinajstić information content (AvgIpc) is 3.20. The maximum Gasteiger partial charge on any atom is 0.232 e. The van der Waals surface area contributed by atoms with Gasteiger partial charge in [-0.3, -0.25) is 0 Å². The highest BCUT2D eigenvalue weighted by molar-refractivity contribution is 8.17. The second kappa shape index (κ2) is 8.51. The second-order valence-corrected chi connectivity index (χ2v) is 9.77. The number of furan rings is 1. The average molecular weight is 420 g/mol. The first kappa shape index (κ1) is 18.6. The van der Waals surface area contributed by atoms with Crippen LogP contribution < -0.4 is 5.32 Å². The largest absolute Gasteiger partial charge is 0.437 e. The van der Waals surface area contributed by atoms with E-state index in [4.69, 9.17) is 4.42 Å². The summed E-state index contributed by atoms with van der Waals surface area (Å²) in [6.45, 7) is 0.877. The number of anilines is 1. The highest BCUT2D eigenvalue weighted by atomic mass is 32.2. The molecule has 1 saturated heterocycles. The van der Waals surface area contributed by atoms with Crippen LogP contribution in [0, 0.1) is 0 Å². The number of rotatable bonds is 5. The molecule has 0 atom stereocenters. The van der Waals surface area contributed by atoms with Crippen LogP contribution in [0.4, 0.5) is 5.82 Å². The summed E-state index contributed by atoms with van der Waals surface area (Å²) in [5.74, 6) is 4.14. The summed E-state index contributed by atoms with van der Waals surface area (Å²) in [6.07, 6.45) is 2.88. The minimum absolute atomic E-state index is 0.550. The standard InChI is InChI=1S/C23H21N3OS2/c1-3-8-16(9-4-1)19-20-22(24-14-18-28-12-7-13-29-18)25-15-26-23(20)27-21(19)17-10-5-2-6-11-17/h1-6,8-11,15,18H,7,12-14H2,(H,24,25,26). The Kier molecular flexibility index (Phi) is 5.45. The van der Waals surface area contributed by atoms with Crippen LogP contribution in [0.25, 0.3) is 33.6 Å². The SMILES string of the molecule is c1ccc(-c2oc3ncnc(NCC4SCCCS4)c3c2-c2ccccc2)cc1. The second-order valence-electron chi connectivity index (χ2n) is 6.85. The highest BCUT2D eigenvalue weighted by Crippen LogP contribution is 2.42. The first-order valence-corrected chi connectivity index (χ1v) is 11.9. The Balaban J connectivity index is 1.62. The van der Waals surface area contributed by atoms with E-state index >= 15 is 0 Å². The Morgan fingerprint density at radius 1 is 0.897 bits per heavy atom. The van der Waals surface area contributed by atoms with Gasteiger partial charge >= 0.3 is 0 Å². The Morgan fingerprint density at radius 2 is 1.59 bits per heavy atom. The van der Waals surface area contributed by atoms with Gasteiger partial charge in [0.2, 0.25) is 5.71 Å². The third-order valence-corrected chi connectivity index (χ3v) is 7.86. The van der Waals surface area contributed by atoms with Crippen LogP contribution in [0.1, 0.15) is 6.42 Å². The van der Waals surface area contributed by atoms with Gasteiger partial charge in [0.25, 0.3) is 0 Å². The number of nitrogens with zero attached hydrogens (tertiary/aromatic N) is 2. The van der Waals surface area contributed by atoms with Crippen molar-refractivity contribution in [2.45, 2.75) is 11.0 Å². The molecule has 4 nitrogen and oxygen atoms in total. The molecule has 0 spiro atoms. The zero-order chi connectivity index (χ0) is 19.5. The highest BCUT2D eigenvalue weighted by Gasteiger charge is 2.22. The molecule has 0 amide bonds. The molecule has 1 fully saturated rings. The van der Waals surface area contributed by atoms with Crippen LogP contribution in [0.3, 0.4) is 0 Å². The van der Waals surface area contributed by atoms with Crippen molar-refractivity contribution < 1.29 is 4.42 Å². The van der Waals surface area contributed by atoms with Crippen molar-refractivity contribution in [2.24, 2.45) is 0 Å². The number of hydrogen-bond donors (Lipinski definition) is 1. The number of fused-ring (bicyclic) bond motifs is 1. The van der Waals surface area contributed by atoms with Gasteiger partial charge in [-0.2, -0.15) is 0 Å². The topological polar surface area (TPSA) is 51.0 Å². The predicted molar refractivity (Wildman–Crippen MR) is 124 cm³/mol. The Bertz CT molecular complexity index is 1090. The molecule has 1 aliphatic heterocycles. The lowest BCUT2D eigenvalue weighted by Gasteiger charge is -2.21. The van der Waals surface area contributed by atoms with Gasteiger partial charge in [0.15, 0.2) is 0 Å². The minimum Gasteiger partial charge on any atom is -0.437 e. The Morgan fingerprint density at radius 3 is 2.31 bits per heavy atom. The molecular formula is C23H21N3OS2. The van der Waals surface area contributed by atoms with Crippen molar-refractivity contribution >= 4 is 40.4 Å². The number of nitrogens with one attached hydrogen (secondary N) is 1. The summed E-state index contributed by atoms with van der Waals surface area (Å²) in [5, 5.41) is 4.53. The van der Waals surface area contributed by atoms with Gasteiger partial charge in [0.1, 0.15) is 17.9 Å². The predicted octanol–water partition coefficient (Wildman–Crippen LogP) is 6.16. The van der Waals surface area contributed by atoms with E-state index in [2.05, 4.69) is 51.7 Å². The molecule has 0 aliphatic carbocycles. The molecule has 1 N–H and O–H groups in total. The van der Waals surface area contributed by atoms with Crippen LogP contribution >= 0.6 is 23.5 Å². The zero-order valence-electron chi connectivity index (χ0n) is 15.9. The molecule has 6 heteroatoms. The first-order valence-electron chi connectivity index (χ1n) is 9.75. The number of thioether (sulfide) groups is 2. The Labute approximate surface area is 178 Å². The van der Waals surface area contributed by atoms with Gasteiger partial charge in [-0.1, -0.05) is 60.7 Å². The van der Waals surface area contributed by atoms with Crippen molar-refractivity contribution in [3.8, 4) is 22.5 Å². The van der Waals surface area contributed by atoms with Gasteiger partial charge in [-0.05, 0) is 23.5 Å². The summed E-state index contributed by atoms with van der Waals surface area (Å²) >= 11 is 4.05. The molecule has 0 bridgehead atoms. The number of benzene rings is 2. The quantitative estimate of drug-likeness (QED) is 0.418. The summed E-state index contributed by atoms with van der Waals surface area (Å²) in [6, 6.07) is 20.6. The van der Waals surface area contributed by atoms with Gasteiger partial charge in [0.05, 0.1) is 9.97 Å². The van der Waals surface area contributed by atoms with Crippen LogP contribution in [-0.4, -0.2) is 32.6 Å². The van der Waals surface area contributed by atoms with Gasteiger partial charge in [0, 0.05) is 17.7 Å². The van der Waals surface area contributed by atoms with Crippen molar-refractivity contribution in [2.75, 3.05) is 23.4 Å². The molecule has 29 heavy (non-hydrogen) atoms. The van der Waals surface area contributed by atoms with Crippen molar-refractivity contribution in [1.29, 1.82) is 0 Å². The maximum absolute atomic E-state index is 6.27. The molecule has 5 rings (SSSR count). The smallest absolute Gasteiger partial charge is 0.232 e. The lowest BCUT2D eigenvalue weighted by molar-refractivity contribution is 0.618. The minimum atomic E-state index is 0.550. The van der Waals surface area contributed by atoms with E-state index in [1.54, 1.807) is 6.33 Å². The Hall–Kier alpha value is -2.44. The molecular weight excluding hydrogens is 398 g/mol. The molecule has 2 aromatic heterocycles. The van der Waals surface area contributed by atoms with Crippen molar-refractivity contribution in [1.82, 2.24) is 9.97 Å². The molecule has 0 radical (unpaired) electrons. The molecule has 1 aliphatic rings. The molecule has 2 aromatic carbocycles. The van der Waals surface area contributed by atoms with Gasteiger partial charge in [-0.25, -0.2) is 9.97 Å². The summed E-state index contributed by atoms with van der Waals surface area (Å²) < 4.78 is 6.82. The van der Waals surface area contributed by atoms with Crippen LogP contribution in [0.2, 0.25) is 0 Å². The van der Waals surface area contributed by atoms with E-state index in [0.29, 0.717) is 10.3 Å². The molecule has 0 unspecified atom stereocenters. The van der Waals surface area contributed by atoms with Crippen molar-refractivity contribution in [3.63, 3.8) is 0 Å². The van der Waals surface area contributed by atoms with E-state index in [1.807, 2.05) is 47.8 Å². The van der Waals surface area contributed by atoms with E-state index < -0.39 is 0 Å².